The number of carbonyl (C=O) groups is 2. The predicted octanol–water partition coefficient (Wildman–Crippen LogP) is 5.08. The van der Waals surface area contributed by atoms with Gasteiger partial charge in [-0.2, -0.15) is 0 Å². The Hall–Kier alpha value is -3.55. The van der Waals surface area contributed by atoms with Crippen molar-refractivity contribution in [1.29, 1.82) is 0 Å². The van der Waals surface area contributed by atoms with Crippen LogP contribution in [0.3, 0.4) is 0 Å². The molecule has 2 aliphatic rings. The van der Waals surface area contributed by atoms with Gasteiger partial charge in [-0.3, -0.25) is 19.4 Å². The van der Waals surface area contributed by atoms with Gasteiger partial charge in [-0.25, -0.2) is 0 Å². The molecule has 178 valence electrons. The molecule has 35 heavy (non-hydrogen) atoms. The van der Waals surface area contributed by atoms with E-state index < -0.39 is 0 Å². The summed E-state index contributed by atoms with van der Waals surface area (Å²) in [5.74, 6) is 0.531. The quantitative estimate of drug-likeness (QED) is 0.435. The number of piperazine rings is 1. The van der Waals surface area contributed by atoms with Gasteiger partial charge in [0.2, 0.25) is 0 Å². The van der Waals surface area contributed by atoms with Gasteiger partial charge in [-0.05, 0) is 53.2 Å². The first-order valence-electron chi connectivity index (χ1n) is 11.7. The van der Waals surface area contributed by atoms with Crippen molar-refractivity contribution in [1.82, 2.24) is 9.80 Å². The monoisotopic (exact) mass is 485 g/mol. The molecule has 2 aliphatic heterocycles. The Morgan fingerprint density at radius 2 is 1.46 bits per heavy atom. The second-order valence-electron chi connectivity index (χ2n) is 8.54. The third-order valence-electron chi connectivity index (χ3n) is 6.13. The molecule has 6 nitrogen and oxygen atoms in total. The van der Waals surface area contributed by atoms with E-state index in [9.17, 15) is 9.59 Å². The molecule has 0 radical (unpaired) electrons. The highest BCUT2D eigenvalue weighted by Crippen LogP contribution is 2.32. The summed E-state index contributed by atoms with van der Waals surface area (Å²) in [4.78, 5) is 31.9. The van der Waals surface area contributed by atoms with E-state index in [0.717, 1.165) is 54.8 Å². The number of ether oxygens (including phenoxy) is 1. The van der Waals surface area contributed by atoms with Crippen molar-refractivity contribution in [2.45, 2.75) is 6.61 Å². The molecule has 5 rings (SSSR count). The second kappa shape index (κ2) is 10.8. The van der Waals surface area contributed by atoms with Gasteiger partial charge < -0.3 is 9.64 Å². The highest BCUT2D eigenvalue weighted by Gasteiger charge is 2.36. The molecular weight excluding hydrogens is 458 g/mol. The second-order valence-corrected chi connectivity index (χ2v) is 9.53. The van der Waals surface area contributed by atoms with E-state index in [2.05, 4.69) is 21.9 Å². The van der Waals surface area contributed by atoms with Crippen LogP contribution in [0, 0.1) is 0 Å². The highest BCUT2D eigenvalue weighted by molar-refractivity contribution is 8.18. The summed E-state index contributed by atoms with van der Waals surface area (Å²) in [6, 6.07) is 27.9. The summed E-state index contributed by atoms with van der Waals surface area (Å²) in [6.07, 6.45) is 1.78. The van der Waals surface area contributed by atoms with E-state index in [1.54, 1.807) is 6.08 Å². The molecule has 2 heterocycles. The maximum Gasteiger partial charge on any atom is 0.294 e. The fourth-order valence-corrected chi connectivity index (χ4v) is 4.99. The van der Waals surface area contributed by atoms with Gasteiger partial charge in [0.1, 0.15) is 12.4 Å². The van der Waals surface area contributed by atoms with Gasteiger partial charge in [-0.15, -0.1) is 0 Å². The Balaban J connectivity index is 1.15. The minimum Gasteiger partial charge on any atom is -0.489 e. The zero-order chi connectivity index (χ0) is 24.0. The van der Waals surface area contributed by atoms with Crippen molar-refractivity contribution >= 4 is 34.7 Å². The Morgan fingerprint density at radius 1 is 0.800 bits per heavy atom. The lowest BCUT2D eigenvalue weighted by molar-refractivity contribution is -0.124. The molecule has 0 spiro atoms. The molecule has 2 fully saturated rings. The van der Waals surface area contributed by atoms with Crippen LogP contribution in [0.4, 0.5) is 10.5 Å². The lowest BCUT2D eigenvalue weighted by Gasteiger charge is -2.37. The van der Waals surface area contributed by atoms with Crippen LogP contribution in [-0.4, -0.2) is 53.8 Å². The smallest absolute Gasteiger partial charge is 0.294 e. The van der Waals surface area contributed by atoms with Gasteiger partial charge in [0, 0.05) is 31.9 Å². The van der Waals surface area contributed by atoms with E-state index in [0.29, 0.717) is 18.2 Å². The number of hydrogen-bond donors (Lipinski definition) is 0. The van der Waals surface area contributed by atoms with Crippen molar-refractivity contribution in [2.75, 3.05) is 37.7 Å². The van der Waals surface area contributed by atoms with E-state index in [4.69, 9.17) is 4.74 Å². The fraction of sp³-hybridized carbons (Fsp3) is 0.214. The summed E-state index contributed by atoms with van der Waals surface area (Å²) >= 11 is 1.00. The van der Waals surface area contributed by atoms with E-state index in [-0.39, 0.29) is 11.1 Å². The molecule has 0 aromatic heterocycles. The zero-order valence-electron chi connectivity index (χ0n) is 19.4. The number of rotatable bonds is 7. The molecule has 0 unspecified atom stereocenters. The summed E-state index contributed by atoms with van der Waals surface area (Å²) in [5.41, 5.74) is 3.17. The molecule has 3 aromatic rings. The molecule has 0 N–H and O–H groups in total. The molecule has 0 saturated carbocycles. The van der Waals surface area contributed by atoms with Gasteiger partial charge in [0.15, 0.2) is 0 Å². The lowest BCUT2D eigenvalue weighted by Crippen LogP contribution is -2.50. The SMILES string of the molecule is O=C1S/C(=C/c2ccc(OCc3ccccc3)cc2)C(=O)N1CN1CCN(c2ccccc2)CC1. The summed E-state index contributed by atoms with van der Waals surface area (Å²) in [5, 5.41) is -0.213. The van der Waals surface area contributed by atoms with Crippen LogP contribution >= 0.6 is 11.8 Å². The van der Waals surface area contributed by atoms with E-state index in [1.807, 2.05) is 72.8 Å². The summed E-state index contributed by atoms with van der Waals surface area (Å²) in [6.45, 7) is 4.18. The number of amides is 2. The first-order chi connectivity index (χ1) is 17.2. The minimum absolute atomic E-state index is 0.213. The number of benzene rings is 3. The maximum absolute atomic E-state index is 13.0. The van der Waals surface area contributed by atoms with Crippen molar-refractivity contribution in [3.63, 3.8) is 0 Å². The van der Waals surface area contributed by atoms with Crippen LogP contribution in [0.25, 0.3) is 6.08 Å². The molecule has 0 atom stereocenters. The van der Waals surface area contributed by atoms with Gasteiger partial charge >= 0.3 is 0 Å². The number of anilines is 1. The highest BCUT2D eigenvalue weighted by atomic mass is 32.2. The third kappa shape index (κ3) is 5.75. The topological polar surface area (TPSA) is 53.1 Å². The van der Waals surface area contributed by atoms with Crippen LogP contribution in [0.2, 0.25) is 0 Å². The van der Waals surface area contributed by atoms with Crippen molar-refractivity contribution in [3.8, 4) is 5.75 Å². The zero-order valence-corrected chi connectivity index (χ0v) is 20.2. The molecule has 7 heteroatoms. The number of carbonyl (C=O) groups excluding carboxylic acids is 2. The normalized spacial score (nSPS) is 17.9. The summed E-state index contributed by atoms with van der Waals surface area (Å²) < 4.78 is 5.83. The first kappa shape index (κ1) is 23.2. The Kier molecular flexibility index (Phi) is 7.16. The number of thioether (sulfide) groups is 1. The Morgan fingerprint density at radius 3 is 2.14 bits per heavy atom. The van der Waals surface area contributed by atoms with Crippen LogP contribution in [0.15, 0.2) is 89.8 Å². The standard InChI is InChI=1S/C28H27N3O3S/c32-27-26(19-22-11-13-25(14-12-22)34-20-23-7-3-1-4-8-23)35-28(33)31(27)21-29-15-17-30(18-16-29)24-9-5-2-6-10-24/h1-14,19H,15-18,20-21H2/b26-19+. The van der Waals surface area contributed by atoms with Crippen molar-refractivity contribution in [3.05, 3.63) is 101 Å². The molecule has 2 saturated heterocycles. The maximum atomic E-state index is 13.0. The first-order valence-corrected chi connectivity index (χ1v) is 12.5. The Bertz CT molecular complexity index is 1190. The minimum atomic E-state index is -0.227. The number of imide groups is 1. The van der Waals surface area contributed by atoms with Crippen LogP contribution in [-0.2, 0) is 11.4 Å². The third-order valence-corrected chi connectivity index (χ3v) is 7.04. The van der Waals surface area contributed by atoms with Crippen LogP contribution in [0.1, 0.15) is 11.1 Å². The average Bonchev–Trinajstić information content (AvgIpc) is 3.17. The molecular formula is C28H27N3O3S. The molecule has 2 amide bonds. The van der Waals surface area contributed by atoms with Crippen molar-refractivity contribution < 1.29 is 14.3 Å². The Labute approximate surface area is 209 Å². The number of para-hydroxylation sites is 1. The van der Waals surface area contributed by atoms with Crippen molar-refractivity contribution in [2.24, 2.45) is 0 Å². The number of hydrogen-bond acceptors (Lipinski definition) is 6. The number of nitrogens with zero attached hydrogens (tertiary/aromatic N) is 3. The molecule has 0 aliphatic carbocycles. The van der Waals surface area contributed by atoms with Gasteiger partial charge in [-0.1, -0.05) is 60.7 Å². The van der Waals surface area contributed by atoms with E-state index in [1.165, 1.54) is 10.6 Å². The molecule has 0 bridgehead atoms. The van der Waals surface area contributed by atoms with Gasteiger partial charge in [0.05, 0.1) is 11.6 Å². The van der Waals surface area contributed by atoms with E-state index >= 15 is 0 Å². The average molecular weight is 486 g/mol. The summed E-state index contributed by atoms with van der Waals surface area (Å²) in [7, 11) is 0. The predicted molar refractivity (Wildman–Crippen MR) is 140 cm³/mol. The lowest BCUT2D eigenvalue weighted by atomic mass is 10.2. The van der Waals surface area contributed by atoms with Gasteiger partial charge in [0.25, 0.3) is 11.1 Å². The largest absolute Gasteiger partial charge is 0.489 e. The van der Waals surface area contributed by atoms with Crippen LogP contribution < -0.4 is 9.64 Å². The molecule has 3 aromatic carbocycles. The van der Waals surface area contributed by atoms with Crippen LogP contribution in [0.5, 0.6) is 5.75 Å². The fourth-order valence-electron chi connectivity index (χ4n) is 4.16.